The van der Waals surface area contributed by atoms with E-state index in [4.69, 9.17) is 4.74 Å². The van der Waals surface area contributed by atoms with Gasteiger partial charge in [-0.25, -0.2) is 4.68 Å². The topological polar surface area (TPSA) is 76.4 Å². The summed E-state index contributed by atoms with van der Waals surface area (Å²) in [6.45, 7) is 6.29. The highest BCUT2D eigenvalue weighted by molar-refractivity contribution is 5.69. The number of carbonyl (C=O) groups is 1. The highest BCUT2D eigenvalue weighted by Crippen LogP contribution is 2.32. The fraction of sp³-hybridized carbons (Fsp3) is 0.556. The number of aromatic nitrogens is 4. The molecule has 8 nitrogen and oxygen atoms in total. The van der Waals surface area contributed by atoms with Crippen LogP contribution in [0.25, 0.3) is 0 Å². The second kappa shape index (κ2) is 8.76. The van der Waals surface area contributed by atoms with Gasteiger partial charge in [-0.1, -0.05) is 6.07 Å². The number of hydrogen-bond donors (Lipinski definition) is 0. The van der Waals surface area contributed by atoms with E-state index in [2.05, 4.69) is 20.4 Å². The van der Waals surface area contributed by atoms with Crippen molar-refractivity contribution in [1.82, 2.24) is 25.1 Å². The summed E-state index contributed by atoms with van der Waals surface area (Å²) in [5, 5.41) is 11.6. The molecule has 0 saturated carbocycles. The molecule has 2 heterocycles. The Morgan fingerprint density at radius 2 is 1.97 bits per heavy atom. The van der Waals surface area contributed by atoms with Gasteiger partial charge in [-0.3, -0.25) is 9.69 Å². The zero-order valence-electron chi connectivity index (χ0n) is 16.3. The summed E-state index contributed by atoms with van der Waals surface area (Å²) in [7, 11) is 0. The van der Waals surface area contributed by atoms with E-state index >= 15 is 0 Å². The number of hydrogen-bond acceptors (Lipinski definition) is 7. The van der Waals surface area contributed by atoms with Gasteiger partial charge >= 0.3 is 12.1 Å². The van der Waals surface area contributed by atoms with Crippen molar-refractivity contribution < 1.29 is 22.7 Å². The molecule has 1 aromatic heterocycles. The molecule has 0 unspecified atom stereocenters. The molecule has 1 atom stereocenters. The highest BCUT2D eigenvalue weighted by Gasteiger charge is 2.31. The minimum absolute atomic E-state index is 0.0648. The third-order valence-corrected chi connectivity index (χ3v) is 4.92. The van der Waals surface area contributed by atoms with Crippen molar-refractivity contribution >= 4 is 11.7 Å². The summed E-state index contributed by atoms with van der Waals surface area (Å²) in [5.74, 6) is 0.133. The highest BCUT2D eigenvalue weighted by atomic mass is 19.4. The van der Waals surface area contributed by atoms with E-state index in [9.17, 15) is 18.0 Å². The van der Waals surface area contributed by atoms with Crippen LogP contribution in [0, 0.1) is 0 Å². The lowest BCUT2D eigenvalue weighted by atomic mass is 10.1. The van der Waals surface area contributed by atoms with Crippen molar-refractivity contribution in [3.05, 3.63) is 35.7 Å². The van der Waals surface area contributed by atoms with Crippen LogP contribution >= 0.6 is 0 Å². The van der Waals surface area contributed by atoms with Crippen LogP contribution < -0.4 is 4.90 Å². The van der Waals surface area contributed by atoms with Gasteiger partial charge in [0, 0.05) is 31.9 Å². The van der Waals surface area contributed by atoms with Crippen molar-refractivity contribution in [2.24, 2.45) is 0 Å². The molecule has 1 aliphatic heterocycles. The third-order valence-electron chi connectivity index (χ3n) is 4.92. The number of carbonyl (C=O) groups excluding carboxylic acids is 1. The first kappa shape index (κ1) is 21.0. The lowest BCUT2D eigenvalue weighted by Crippen LogP contribution is -2.47. The Labute approximate surface area is 166 Å². The van der Waals surface area contributed by atoms with Crippen molar-refractivity contribution in [3.63, 3.8) is 0 Å². The van der Waals surface area contributed by atoms with Gasteiger partial charge in [-0.15, -0.1) is 5.10 Å². The molecule has 0 amide bonds. The smallest absolute Gasteiger partial charge is 0.416 e. The molecule has 0 aliphatic carbocycles. The van der Waals surface area contributed by atoms with Crippen molar-refractivity contribution in [2.75, 3.05) is 37.7 Å². The van der Waals surface area contributed by atoms with Gasteiger partial charge in [-0.05, 0) is 42.5 Å². The number of anilines is 1. The van der Waals surface area contributed by atoms with E-state index in [1.54, 1.807) is 13.0 Å². The van der Waals surface area contributed by atoms with E-state index in [1.165, 1.54) is 16.8 Å². The number of benzene rings is 1. The fourth-order valence-corrected chi connectivity index (χ4v) is 3.36. The van der Waals surface area contributed by atoms with Crippen LogP contribution in [0.2, 0.25) is 0 Å². The molecule has 11 heteroatoms. The number of nitrogens with zero attached hydrogens (tertiary/aromatic N) is 6. The molecule has 1 fully saturated rings. The molecule has 0 spiro atoms. The molecule has 1 aliphatic rings. The van der Waals surface area contributed by atoms with Gasteiger partial charge in [0.1, 0.15) is 6.54 Å². The van der Waals surface area contributed by atoms with E-state index in [0.717, 1.165) is 6.07 Å². The Balaban J connectivity index is 1.63. The SMILES string of the molecule is CCOC(=O)Cn1nnnc1[C@H](C)N1CCN(c2cccc(C(F)(F)F)c2)CC1. The zero-order valence-corrected chi connectivity index (χ0v) is 16.3. The second-order valence-corrected chi connectivity index (χ2v) is 6.75. The average molecular weight is 412 g/mol. The van der Waals surface area contributed by atoms with Gasteiger partial charge in [0.05, 0.1) is 18.2 Å². The summed E-state index contributed by atoms with van der Waals surface area (Å²) >= 11 is 0. The second-order valence-electron chi connectivity index (χ2n) is 6.75. The largest absolute Gasteiger partial charge is 0.465 e. The monoisotopic (exact) mass is 412 g/mol. The summed E-state index contributed by atoms with van der Waals surface area (Å²) in [6.07, 6.45) is -4.36. The van der Waals surface area contributed by atoms with Gasteiger partial charge in [0.25, 0.3) is 0 Å². The van der Waals surface area contributed by atoms with E-state index in [-0.39, 0.29) is 19.2 Å². The van der Waals surface area contributed by atoms with Crippen LogP contribution in [0.4, 0.5) is 18.9 Å². The predicted molar refractivity (Wildman–Crippen MR) is 98.1 cm³/mol. The molecule has 0 radical (unpaired) electrons. The number of ether oxygens (including phenoxy) is 1. The number of rotatable bonds is 6. The minimum Gasteiger partial charge on any atom is -0.465 e. The van der Waals surface area contributed by atoms with Gasteiger partial charge < -0.3 is 9.64 Å². The first-order valence-electron chi connectivity index (χ1n) is 9.37. The summed E-state index contributed by atoms with van der Waals surface area (Å²) in [6, 6.07) is 5.22. The first-order valence-corrected chi connectivity index (χ1v) is 9.37. The van der Waals surface area contributed by atoms with Crippen molar-refractivity contribution in [1.29, 1.82) is 0 Å². The van der Waals surface area contributed by atoms with Crippen molar-refractivity contribution in [3.8, 4) is 0 Å². The van der Waals surface area contributed by atoms with Gasteiger partial charge in [0.15, 0.2) is 5.82 Å². The van der Waals surface area contributed by atoms with Gasteiger partial charge in [0.2, 0.25) is 0 Å². The summed E-state index contributed by atoms with van der Waals surface area (Å²) in [5.41, 5.74) is -0.0942. The van der Waals surface area contributed by atoms with Crippen molar-refractivity contribution in [2.45, 2.75) is 32.6 Å². The molecule has 158 valence electrons. The Morgan fingerprint density at radius 3 is 2.62 bits per heavy atom. The van der Waals surface area contributed by atoms with Crippen LogP contribution in [0.3, 0.4) is 0 Å². The molecule has 0 N–H and O–H groups in total. The first-order chi connectivity index (χ1) is 13.8. The third kappa shape index (κ3) is 5.03. The maximum atomic E-state index is 13.0. The van der Waals surface area contributed by atoms with Crippen LogP contribution in [-0.2, 0) is 22.3 Å². The predicted octanol–water partition coefficient (Wildman–Crippen LogP) is 2.14. The molecule has 3 rings (SSSR count). The number of piperazine rings is 1. The lowest BCUT2D eigenvalue weighted by molar-refractivity contribution is -0.144. The van der Waals surface area contributed by atoms with Crippen LogP contribution in [0.1, 0.15) is 31.3 Å². The summed E-state index contributed by atoms with van der Waals surface area (Å²) < 4.78 is 45.2. The van der Waals surface area contributed by atoms with Crippen LogP contribution in [0.5, 0.6) is 0 Å². The average Bonchev–Trinajstić information content (AvgIpc) is 3.15. The molecular weight excluding hydrogens is 389 g/mol. The Kier molecular flexibility index (Phi) is 6.36. The standard InChI is InChI=1S/C18H23F3N6O2/c1-3-29-16(28)12-27-17(22-23-24-27)13(2)25-7-9-26(10-8-25)15-6-4-5-14(11-15)18(19,20)21/h4-6,11,13H,3,7-10,12H2,1-2H3/t13-/m0/s1. The minimum atomic E-state index is -4.36. The van der Waals surface area contributed by atoms with E-state index < -0.39 is 17.7 Å². The Morgan fingerprint density at radius 1 is 1.24 bits per heavy atom. The lowest BCUT2D eigenvalue weighted by Gasteiger charge is -2.38. The zero-order chi connectivity index (χ0) is 21.0. The normalized spacial score (nSPS) is 16.7. The number of tetrazole rings is 1. The summed E-state index contributed by atoms with van der Waals surface area (Å²) in [4.78, 5) is 15.8. The van der Waals surface area contributed by atoms with E-state index in [0.29, 0.717) is 37.7 Å². The maximum Gasteiger partial charge on any atom is 0.416 e. The molecule has 0 bridgehead atoms. The van der Waals surface area contributed by atoms with Crippen LogP contribution in [0.15, 0.2) is 24.3 Å². The molecule has 2 aromatic rings. The number of alkyl halides is 3. The molecule has 29 heavy (non-hydrogen) atoms. The quantitative estimate of drug-likeness (QED) is 0.673. The van der Waals surface area contributed by atoms with Gasteiger partial charge in [-0.2, -0.15) is 13.2 Å². The maximum absolute atomic E-state index is 13.0. The fourth-order valence-electron chi connectivity index (χ4n) is 3.36. The molecule has 1 aromatic carbocycles. The molecule has 1 saturated heterocycles. The number of halogens is 3. The van der Waals surface area contributed by atoms with E-state index in [1.807, 2.05) is 11.8 Å². The van der Waals surface area contributed by atoms with Crippen LogP contribution in [-0.4, -0.2) is 63.9 Å². The molecular formula is C18H23F3N6O2. The Bertz CT molecular complexity index is 833. The number of esters is 1. The Hall–Kier alpha value is -2.69.